The third-order valence-electron chi connectivity index (χ3n) is 6.48. The SMILES string of the molecule is C=CN=C(/C=C\C)NC(=O)c1ccc(-c2nc([C@@H]3CCCN3C(=O)/C=C/COC)n3ccnc(N)c23)cc1OC. The van der Waals surface area contributed by atoms with Crippen LogP contribution in [0.25, 0.3) is 16.8 Å². The van der Waals surface area contributed by atoms with Gasteiger partial charge in [-0.1, -0.05) is 24.8 Å². The number of aromatic nitrogens is 3. The van der Waals surface area contributed by atoms with E-state index in [1.54, 1.807) is 55.9 Å². The molecular formula is C29H33N7O4. The van der Waals surface area contributed by atoms with E-state index in [0.717, 1.165) is 12.8 Å². The monoisotopic (exact) mass is 543 g/mol. The van der Waals surface area contributed by atoms with Gasteiger partial charge in [-0.25, -0.2) is 15.0 Å². The van der Waals surface area contributed by atoms with Crippen molar-refractivity contribution >= 4 is 29.0 Å². The summed E-state index contributed by atoms with van der Waals surface area (Å²) in [5, 5.41) is 2.76. The number of allylic oxidation sites excluding steroid dienone is 1. The third kappa shape index (κ3) is 5.79. The second-order valence-corrected chi connectivity index (χ2v) is 8.96. The molecule has 3 heterocycles. The van der Waals surface area contributed by atoms with Crippen molar-refractivity contribution in [2.75, 3.05) is 33.1 Å². The standard InChI is InChI=1S/C29H33N7O4/c1-5-9-23(31-6-2)33-29(38)20-13-12-19(18-22(20)40-4)25-26-27(30)32-14-16-36(26)28(34-25)21-10-7-15-35(21)24(37)11-8-17-39-3/h5-6,8-9,11-14,16,18,21H,2,7,10,15,17H2,1,3-4H3,(H2,30,32)(H,31,33,38)/b9-5-,11-8+/t21-/m0/s1. The van der Waals surface area contributed by atoms with Crippen molar-refractivity contribution in [2.24, 2.45) is 4.99 Å². The van der Waals surface area contributed by atoms with Crippen LogP contribution in [0.5, 0.6) is 5.75 Å². The van der Waals surface area contributed by atoms with E-state index in [4.69, 9.17) is 20.2 Å². The summed E-state index contributed by atoms with van der Waals surface area (Å²) in [6.07, 6.45) is 13.0. The summed E-state index contributed by atoms with van der Waals surface area (Å²) in [6, 6.07) is 4.93. The van der Waals surface area contributed by atoms with Crippen LogP contribution in [0.4, 0.5) is 5.82 Å². The highest BCUT2D eigenvalue weighted by molar-refractivity contribution is 6.11. The molecule has 1 aliphatic rings. The summed E-state index contributed by atoms with van der Waals surface area (Å²) >= 11 is 0. The predicted molar refractivity (Wildman–Crippen MR) is 154 cm³/mol. The lowest BCUT2D eigenvalue weighted by Crippen LogP contribution is -2.30. The van der Waals surface area contributed by atoms with E-state index in [0.29, 0.717) is 58.7 Å². The molecule has 4 rings (SSSR count). The average molecular weight is 544 g/mol. The number of benzene rings is 1. The molecule has 11 nitrogen and oxygen atoms in total. The number of nitrogens with one attached hydrogen (secondary N) is 1. The second kappa shape index (κ2) is 12.9. The number of nitrogens with zero attached hydrogens (tertiary/aromatic N) is 5. The van der Waals surface area contributed by atoms with Crippen molar-refractivity contribution in [3.05, 3.63) is 79.1 Å². The minimum Gasteiger partial charge on any atom is -0.496 e. The fourth-order valence-electron chi connectivity index (χ4n) is 4.75. The fraction of sp³-hybridized carbons (Fsp3) is 0.276. The maximum Gasteiger partial charge on any atom is 0.260 e. The molecule has 1 fully saturated rings. The highest BCUT2D eigenvalue weighted by Crippen LogP contribution is 2.37. The molecule has 0 radical (unpaired) electrons. The molecule has 11 heteroatoms. The van der Waals surface area contributed by atoms with Gasteiger partial charge in [0.15, 0.2) is 0 Å². The molecule has 1 saturated heterocycles. The summed E-state index contributed by atoms with van der Waals surface area (Å²) in [5.41, 5.74) is 8.52. The molecule has 2 aromatic heterocycles. The zero-order valence-electron chi connectivity index (χ0n) is 22.8. The third-order valence-corrected chi connectivity index (χ3v) is 6.48. The number of amides is 2. The van der Waals surface area contributed by atoms with Crippen LogP contribution >= 0.6 is 0 Å². The second-order valence-electron chi connectivity index (χ2n) is 8.96. The number of aliphatic imine (C=N–C) groups is 1. The number of methoxy groups -OCH3 is 2. The number of imidazole rings is 1. The van der Waals surface area contributed by atoms with Crippen LogP contribution in [0, 0.1) is 0 Å². The number of likely N-dealkylation sites (tertiary alicyclic amines) is 1. The topological polar surface area (TPSA) is 136 Å². The average Bonchev–Trinajstić information content (AvgIpc) is 3.59. The Hall–Kier alpha value is -4.77. The first-order valence-corrected chi connectivity index (χ1v) is 12.8. The van der Waals surface area contributed by atoms with Crippen molar-refractivity contribution < 1.29 is 19.1 Å². The largest absolute Gasteiger partial charge is 0.496 e. The summed E-state index contributed by atoms with van der Waals surface area (Å²) in [6.45, 7) is 6.38. The van der Waals surface area contributed by atoms with Gasteiger partial charge < -0.3 is 25.4 Å². The quantitative estimate of drug-likeness (QED) is 0.239. The number of nitrogens with two attached hydrogens (primary N) is 1. The molecule has 0 aliphatic carbocycles. The first-order valence-electron chi connectivity index (χ1n) is 12.8. The van der Waals surface area contributed by atoms with Gasteiger partial charge in [-0.3, -0.25) is 14.0 Å². The minimum atomic E-state index is -0.389. The fourth-order valence-corrected chi connectivity index (χ4v) is 4.75. The number of anilines is 1. The lowest BCUT2D eigenvalue weighted by molar-refractivity contribution is -0.127. The maximum absolute atomic E-state index is 13.0. The van der Waals surface area contributed by atoms with Crippen molar-refractivity contribution in [2.45, 2.75) is 25.8 Å². The Kier molecular flexibility index (Phi) is 9.07. The molecule has 208 valence electrons. The smallest absolute Gasteiger partial charge is 0.260 e. The van der Waals surface area contributed by atoms with Crippen molar-refractivity contribution in [3.8, 4) is 17.0 Å². The number of carbonyl (C=O) groups excluding carboxylic acids is 2. The van der Waals surface area contributed by atoms with E-state index in [9.17, 15) is 9.59 Å². The number of fused-ring (bicyclic) bond motifs is 1. The number of carbonyl (C=O) groups is 2. The van der Waals surface area contributed by atoms with Gasteiger partial charge in [0.2, 0.25) is 5.91 Å². The molecule has 1 aromatic carbocycles. The molecule has 1 atom stereocenters. The molecule has 0 spiro atoms. The first kappa shape index (κ1) is 28.2. The Labute approximate surface area is 232 Å². The summed E-state index contributed by atoms with van der Waals surface area (Å²) in [5.74, 6) is 1.19. The van der Waals surface area contributed by atoms with Crippen LogP contribution in [0.15, 0.2) is 72.7 Å². The van der Waals surface area contributed by atoms with Crippen molar-refractivity contribution in [3.63, 3.8) is 0 Å². The van der Waals surface area contributed by atoms with Crippen molar-refractivity contribution in [1.82, 2.24) is 24.6 Å². The highest BCUT2D eigenvalue weighted by atomic mass is 16.5. The molecule has 0 bridgehead atoms. The zero-order chi connectivity index (χ0) is 28.6. The normalized spacial score (nSPS) is 15.8. The first-order chi connectivity index (χ1) is 19.4. The molecule has 0 unspecified atom stereocenters. The van der Waals surface area contributed by atoms with E-state index >= 15 is 0 Å². The molecule has 3 aromatic rings. The van der Waals surface area contributed by atoms with Crippen LogP contribution in [-0.2, 0) is 9.53 Å². The number of amidine groups is 1. The summed E-state index contributed by atoms with van der Waals surface area (Å²) in [4.78, 5) is 41.1. The zero-order valence-corrected chi connectivity index (χ0v) is 22.8. The Balaban J connectivity index is 1.75. The molecular weight excluding hydrogens is 510 g/mol. The molecule has 0 saturated carbocycles. The summed E-state index contributed by atoms with van der Waals surface area (Å²) < 4.78 is 12.5. The van der Waals surface area contributed by atoms with Crippen LogP contribution in [0.3, 0.4) is 0 Å². The lowest BCUT2D eigenvalue weighted by atomic mass is 10.1. The van der Waals surface area contributed by atoms with Gasteiger partial charge in [0.25, 0.3) is 5.91 Å². The number of hydrogen-bond acceptors (Lipinski definition) is 8. The van der Waals surface area contributed by atoms with Crippen molar-refractivity contribution in [1.29, 1.82) is 0 Å². The Bertz CT molecular complexity index is 1510. The Morgan fingerprint density at radius 1 is 1.30 bits per heavy atom. The van der Waals surface area contributed by atoms with Gasteiger partial charge in [-0.05, 0) is 38.0 Å². The lowest BCUT2D eigenvalue weighted by Gasteiger charge is -2.22. The van der Waals surface area contributed by atoms with Gasteiger partial charge in [0.05, 0.1) is 25.3 Å². The number of nitrogen functional groups attached to an aromatic ring is 1. The Morgan fingerprint density at radius 2 is 2.12 bits per heavy atom. The van der Waals surface area contributed by atoms with E-state index in [1.807, 2.05) is 16.2 Å². The number of rotatable bonds is 9. The number of ether oxygens (including phenoxy) is 2. The van der Waals surface area contributed by atoms with Gasteiger partial charge in [-0.15, -0.1) is 0 Å². The van der Waals surface area contributed by atoms with E-state index in [-0.39, 0.29) is 17.9 Å². The van der Waals surface area contributed by atoms with Gasteiger partial charge in [0, 0.05) is 43.9 Å². The van der Waals surface area contributed by atoms with E-state index in [2.05, 4.69) is 21.9 Å². The van der Waals surface area contributed by atoms with E-state index < -0.39 is 0 Å². The van der Waals surface area contributed by atoms with Crippen LogP contribution in [0.2, 0.25) is 0 Å². The van der Waals surface area contributed by atoms with E-state index in [1.165, 1.54) is 19.4 Å². The number of hydrogen-bond donors (Lipinski definition) is 2. The predicted octanol–water partition coefficient (Wildman–Crippen LogP) is 3.70. The minimum absolute atomic E-state index is 0.103. The van der Waals surface area contributed by atoms with Crippen LogP contribution in [0.1, 0.15) is 42.0 Å². The van der Waals surface area contributed by atoms with Gasteiger partial charge >= 0.3 is 0 Å². The van der Waals surface area contributed by atoms with Crippen LogP contribution < -0.4 is 15.8 Å². The molecule has 3 N–H and O–H groups in total. The Morgan fingerprint density at radius 3 is 2.85 bits per heavy atom. The maximum atomic E-state index is 13.0. The van der Waals surface area contributed by atoms with Crippen LogP contribution in [-0.4, -0.2) is 64.3 Å². The van der Waals surface area contributed by atoms with Gasteiger partial charge in [0.1, 0.15) is 34.4 Å². The highest BCUT2D eigenvalue weighted by Gasteiger charge is 2.33. The molecule has 40 heavy (non-hydrogen) atoms. The van der Waals surface area contributed by atoms with Gasteiger partial charge in [-0.2, -0.15) is 0 Å². The molecule has 2 amide bonds. The molecule has 1 aliphatic heterocycles. The summed E-state index contributed by atoms with van der Waals surface area (Å²) in [7, 11) is 3.07.